The number of hydrogen-bond donors (Lipinski definition) is 0. The van der Waals surface area contributed by atoms with E-state index < -0.39 is 0 Å². The van der Waals surface area contributed by atoms with Crippen LogP contribution in [0.25, 0.3) is 0 Å². The molecule has 0 spiro atoms. The average molecular weight is 416 g/mol. The largest absolute Gasteiger partial charge is 0.375 e. The van der Waals surface area contributed by atoms with Gasteiger partial charge in [-0.25, -0.2) is 4.39 Å². The van der Waals surface area contributed by atoms with Crippen LogP contribution in [0.15, 0.2) is 78.9 Å². The Hall–Kier alpha value is -2.49. The fourth-order valence-corrected chi connectivity index (χ4v) is 5.45. The molecular formula is C28H30FNO. The summed E-state index contributed by atoms with van der Waals surface area (Å²) in [4.78, 5) is 2.60. The van der Waals surface area contributed by atoms with Crippen molar-refractivity contribution >= 4 is 0 Å². The smallest absolute Gasteiger partial charge is 0.123 e. The SMILES string of the molecule is Fc1ccc(C2CCN(CCC3(c4ccccc4)COCc4ccccc43)CC2)cc1. The van der Waals surface area contributed by atoms with E-state index in [0.29, 0.717) is 12.5 Å². The zero-order chi connectivity index (χ0) is 21.1. The molecule has 0 aliphatic carbocycles. The van der Waals surface area contributed by atoms with Gasteiger partial charge in [0.2, 0.25) is 0 Å². The number of halogens is 1. The van der Waals surface area contributed by atoms with Crippen molar-refractivity contribution in [2.24, 2.45) is 0 Å². The van der Waals surface area contributed by atoms with Crippen molar-refractivity contribution in [3.8, 4) is 0 Å². The second kappa shape index (κ2) is 8.94. The molecule has 5 rings (SSSR count). The molecule has 0 aromatic heterocycles. The predicted octanol–water partition coefficient (Wildman–Crippen LogP) is 5.91. The molecule has 2 aliphatic heterocycles. The number of likely N-dealkylation sites (tertiary alicyclic amines) is 1. The summed E-state index contributed by atoms with van der Waals surface area (Å²) in [6.45, 7) is 4.68. The Morgan fingerprint density at radius 3 is 2.35 bits per heavy atom. The van der Waals surface area contributed by atoms with E-state index in [9.17, 15) is 4.39 Å². The lowest BCUT2D eigenvalue weighted by molar-refractivity contribution is 0.0561. The number of piperidine rings is 1. The molecule has 31 heavy (non-hydrogen) atoms. The fourth-order valence-electron chi connectivity index (χ4n) is 5.45. The van der Waals surface area contributed by atoms with Gasteiger partial charge in [0, 0.05) is 5.41 Å². The van der Waals surface area contributed by atoms with Crippen molar-refractivity contribution in [1.82, 2.24) is 4.90 Å². The predicted molar refractivity (Wildman–Crippen MR) is 123 cm³/mol. The second-order valence-corrected chi connectivity index (χ2v) is 9.02. The molecule has 0 radical (unpaired) electrons. The minimum atomic E-state index is -0.151. The van der Waals surface area contributed by atoms with Crippen molar-refractivity contribution in [1.29, 1.82) is 0 Å². The average Bonchev–Trinajstić information content (AvgIpc) is 2.84. The Morgan fingerprint density at radius 2 is 1.58 bits per heavy atom. The Morgan fingerprint density at radius 1 is 0.871 bits per heavy atom. The molecule has 3 heteroatoms. The number of hydrogen-bond acceptors (Lipinski definition) is 2. The van der Waals surface area contributed by atoms with E-state index in [1.165, 1.54) is 22.3 Å². The first-order chi connectivity index (χ1) is 15.2. The van der Waals surface area contributed by atoms with Gasteiger partial charge in [-0.15, -0.1) is 0 Å². The quantitative estimate of drug-likeness (QED) is 0.513. The Labute approximate surface area is 184 Å². The summed E-state index contributed by atoms with van der Waals surface area (Å²) < 4.78 is 19.4. The van der Waals surface area contributed by atoms with Crippen molar-refractivity contribution in [3.05, 3.63) is 107 Å². The Bertz CT molecular complexity index is 995. The molecule has 2 heterocycles. The fraction of sp³-hybridized carbons (Fsp3) is 0.357. The monoisotopic (exact) mass is 415 g/mol. The van der Waals surface area contributed by atoms with Crippen LogP contribution >= 0.6 is 0 Å². The van der Waals surface area contributed by atoms with Crippen molar-refractivity contribution in [2.45, 2.75) is 37.2 Å². The van der Waals surface area contributed by atoms with Gasteiger partial charge in [-0.05, 0) is 79.2 Å². The molecule has 1 fully saturated rings. The van der Waals surface area contributed by atoms with Crippen molar-refractivity contribution < 1.29 is 9.13 Å². The third kappa shape index (κ3) is 4.17. The van der Waals surface area contributed by atoms with Crippen LogP contribution in [0.1, 0.15) is 47.4 Å². The first kappa shape index (κ1) is 20.4. The van der Waals surface area contributed by atoms with Gasteiger partial charge in [0.1, 0.15) is 5.82 Å². The van der Waals surface area contributed by atoms with Crippen LogP contribution in [0.4, 0.5) is 4.39 Å². The topological polar surface area (TPSA) is 12.5 Å². The van der Waals surface area contributed by atoms with E-state index in [4.69, 9.17) is 4.74 Å². The van der Waals surface area contributed by atoms with E-state index in [2.05, 4.69) is 59.5 Å². The van der Waals surface area contributed by atoms with Gasteiger partial charge in [-0.2, -0.15) is 0 Å². The molecule has 160 valence electrons. The van der Waals surface area contributed by atoms with Gasteiger partial charge in [0.15, 0.2) is 0 Å². The molecule has 1 unspecified atom stereocenters. The summed E-state index contributed by atoms with van der Waals surface area (Å²) >= 11 is 0. The summed E-state index contributed by atoms with van der Waals surface area (Å²) in [6, 6.07) is 26.8. The van der Waals surface area contributed by atoms with Crippen LogP contribution < -0.4 is 0 Å². The molecule has 3 aromatic rings. The zero-order valence-corrected chi connectivity index (χ0v) is 18.0. The van der Waals surface area contributed by atoms with Gasteiger partial charge in [0.05, 0.1) is 13.2 Å². The Balaban J connectivity index is 1.31. The lowest BCUT2D eigenvalue weighted by atomic mass is 9.70. The normalized spacial score (nSPS) is 22.2. The summed E-state index contributed by atoms with van der Waals surface area (Å²) in [7, 11) is 0. The molecule has 0 bridgehead atoms. The third-order valence-electron chi connectivity index (χ3n) is 7.25. The highest BCUT2D eigenvalue weighted by Crippen LogP contribution is 2.41. The van der Waals surface area contributed by atoms with E-state index in [-0.39, 0.29) is 11.2 Å². The summed E-state index contributed by atoms with van der Waals surface area (Å²) in [6.07, 6.45) is 3.32. The maximum Gasteiger partial charge on any atom is 0.123 e. The standard InChI is InChI=1S/C28H30FNO/c29-26-12-10-22(11-13-26)23-14-17-30(18-15-23)19-16-28(25-7-2-1-3-8-25)21-31-20-24-6-4-5-9-27(24)28/h1-13,23H,14-21H2. The first-order valence-corrected chi connectivity index (χ1v) is 11.4. The summed E-state index contributed by atoms with van der Waals surface area (Å²) in [5, 5.41) is 0. The molecule has 3 aromatic carbocycles. The van der Waals surface area contributed by atoms with Crippen LogP contribution in [-0.4, -0.2) is 31.1 Å². The minimum absolute atomic E-state index is 0.0933. The number of nitrogens with zero attached hydrogens (tertiary/aromatic N) is 1. The summed E-state index contributed by atoms with van der Waals surface area (Å²) in [5.41, 5.74) is 5.27. The maximum absolute atomic E-state index is 13.3. The van der Waals surface area contributed by atoms with Crippen LogP contribution in [0.3, 0.4) is 0 Å². The highest BCUT2D eigenvalue weighted by atomic mass is 19.1. The highest BCUT2D eigenvalue weighted by Gasteiger charge is 2.39. The minimum Gasteiger partial charge on any atom is -0.375 e. The molecule has 0 N–H and O–H groups in total. The third-order valence-corrected chi connectivity index (χ3v) is 7.25. The van der Waals surface area contributed by atoms with E-state index in [1.54, 1.807) is 12.1 Å². The van der Waals surface area contributed by atoms with Crippen LogP contribution in [0.5, 0.6) is 0 Å². The lowest BCUT2D eigenvalue weighted by Crippen LogP contribution is -2.42. The van der Waals surface area contributed by atoms with Crippen LogP contribution in [0, 0.1) is 5.82 Å². The molecule has 2 aliphatic rings. The molecule has 1 saturated heterocycles. The van der Waals surface area contributed by atoms with Crippen LogP contribution in [0.2, 0.25) is 0 Å². The summed E-state index contributed by atoms with van der Waals surface area (Å²) in [5.74, 6) is 0.390. The van der Waals surface area contributed by atoms with Gasteiger partial charge < -0.3 is 9.64 Å². The van der Waals surface area contributed by atoms with Gasteiger partial charge in [0.25, 0.3) is 0 Å². The molecule has 2 nitrogen and oxygen atoms in total. The van der Waals surface area contributed by atoms with Gasteiger partial charge in [-0.3, -0.25) is 0 Å². The number of rotatable bonds is 5. The number of ether oxygens (including phenoxy) is 1. The van der Waals surface area contributed by atoms with E-state index in [1.807, 2.05) is 12.1 Å². The van der Waals surface area contributed by atoms with Crippen LogP contribution in [-0.2, 0) is 16.8 Å². The van der Waals surface area contributed by atoms with E-state index >= 15 is 0 Å². The molecule has 1 atom stereocenters. The maximum atomic E-state index is 13.3. The Kier molecular flexibility index (Phi) is 5.89. The molecule has 0 saturated carbocycles. The van der Waals surface area contributed by atoms with Gasteiger partial charge >= 0.3 is 0 Å². The zero-order valence-electron chi connectivity index (χ0n) is 18.0. The van der Waals surface area contributed by atoms with Crippen molar-refractivity contribution in [3.63, 3.8) is 0 Å². The first-order valence-electron chi connectivity index (χ1n) is 11.4. The number of benzene rings is 3. The highest BCUT2D eigenvalue weighted by molar-refractivity contribution is 5.45. The van der Waals surface area contributed by atoms with Gasteiger partial charge in [-0.1, -0.05) is 66.7 Å². The molecule has 0 amide bonds. The second-order valence-electron chi connectivity index (χ2n) is 9.02. The number of fused-ring (bicyclic) bond motifs is 1. The van der Waals surface area contributed by atoms with Crippen molar-refractivity contribution in [2.75, 3.05) is 26.2 Å². The molecular weight excluding hydrogens is 385 g/mol. The van der Waals surface area contributed by atoms with E-state index in [0.717, 1.165) is 45.5 Å². The lowest BCUT2D eigenvalue weighted by Gasteiger charge is -2.42.